The largest absolute Gasteiger partial charge is 0.478 e. The van der Waals surface area contributed by atoms with Crippen molar-refractivity contribution in [3.63, 3.8) is 0 Å². The van der Waals surface area contributed by atoms with Crippen molar-refractivity contribution in [2.45, 2.75) is 6.18 Å². The molecule has 0 fully saturated rings. The van der Waals surface area contributed by atoms with Gasteiger partial charge in [0.15, 0.2) is 11.4 Å². The molecule has 1 aromatic carbocycles. The monoisotopic (exact) mass is 248 g/mol. The molecule has 0 aliphatic rings. The third-order valence-corrected chi connectivity index (χ3v) is 2.18. The van der Waals surface area contributed by atoms with Crippen molar-refractivity contribution < 1.29 is 31.9 Å². The van der Waals surface area contributed by atoms with Gasteiger partial charge in [0.2, 0.25) is 0 Å². The number of alkyl halides is 3. The summed E-state index contributed by atoms with van der Waals surface area (Å²) >= 11 is 0. The molecule has 0 saturated heterocycles. The SMILES string of the molecule is O=C(O)c1cc(F)c2occ(C(F)(F)F)c2c1. The van der Waals surface area contributed by atoms with Gasteiger partial charge in [0.05, 0.1) is 5.56 Å². The number of aromatic carboxylic acids is 1. The van der Waals surface area contributed by atoms with Crippen LogP contribution in [0.25, 0.3) is 11.0 Å². The summed E-state index contributed by atoms with van der Waals surface area (Å²) in [5.74, 6) is -2.66. The average Bonchev–Trinajstić information content (AvgIpc) is 2.60. The first kappa shape index (κ1) is 11.4. The van der Waals surface area contributed by atoms with Crippen LogP contribution >= 0.6 is 0 Å². The molecule has 0 aliphatic carbocycles. The first-order chi connectivity index (χ1) is 7.80. The van der Waals surface area contributed by atoms with Gasteiger partial charge < -0.3 is 9.52 Å². The fraction of sp³-hybridized carbons (Fsp3) is 0.100. The van der Waals surface area contributed by atoms with E-state index in [9.17, 15) is 22.4 Å². The lowest BCUT2D eigenvalue weighted by Gasteiger charge is -2.03. The third-order valence-electron chi connectivity index (χ3n) is 2.18. The van der Waals surface area contributed by atoms with Crippen molar-refractivity contribution in [2.24, 2.45) is 0 Å². The normalized spacial score (nSPS) is 12.0. The lowest BCUT2D eigenvalue weighted by Crippen LogP contribution is -2.04. The second-order valence-corrected chi connectivity index (χ2v) is 3.29. The summed E-state index contributed by atoms with van der Waals surface area (Å²) in [5, 5.41) is 8.02. The average molecular weight is 248 g/mol. The van der Waals surface area contributed by atoms with Crippen molar-refractivity contribution in [3.8, 4) is 0 Å². The quantitative estimate of drug-likeness (QED) is 0.788. The smallest absolute Gasteiger partial charge is 0.420 e. The minimum Gasteiger partial charge on any atom is -0.478 e. The Labute approximate surface area is 91.3 Å². The molecule has 1 aromatic heterocycles. The van der Waals surface area contributed by atoms with Crippen molar-refractivity contribution in [1.82, 2.24) is 0 Å². The van der Waals surface area contributed by atoms with Crippen molar-refractivity contribution >= 4 is 16.9 Å². The van der Waals surface area contributed by atoms with Gasteiger partial charge in [-0.3, -0.25) is 0 Å². The van der Waals surface area contributed by atoms with E-state index in [1.165, 1.54) is 0 Å². The molecule has 0 amide bonds. The lowest BCUT2D eigenvalue weighted by molar-refractivity contribution is -0.136. The highest BCUT2D eigenvalue weighted by atomic mass is 19.4. The second-order valence-electron chi connectivity index (χ2n) is 3.29. The van der Waals surface area contributed by atoms with E-state index in [4.69, 9.17) is 5.11 Å². The molecule has 0 spiro atoms. The maximum absolute atomic E-state index is 13.3. The fourth-order valence-electron chi connectivity index (χ4n) is 1.44. The Morgan fingerprint density at radius 2 is 1.94 bits per heavy atom. The zero-order chi connectivity index (χ0) is 12.8. The Hall–Kier alpha value is -2.05. The zero-order valence-electron chi connectivity index (χ0n) is 8.01. The van der Waals surface area contributed by atoms with Gasteiger partial charge in [-0.15, -0.1) is 0 Å². The van der Waals surface area contributed by atoms with Gasteiger partial charge in [-0.2, -0.15) is 13.2 Å². The Morgan fingerprint density at radius 3 is 2.47 bits per heavy atom. The van der Waals surface area contributed by atoms with E-state index >= 15 is 0 Å². The molecule has 0 saturated carbocycles. The summed E-state index contributed by atoms with van der Waals surface area (Å²) in [6.07, 6.45) is -4.37. The van der Waals surface area contributed by atoms with Crippen LogP contribution in [0.2, 0.25) is 0 Å². The van der Waals surface area contributed by atoms with E-state index in [2.05, 4.69) is 4.42 Å². The maximum Gasteiger partial charge on any atom is 0.420 e. The third kappa shape index (κ3) is 1.83. The molecule has 1 N–H and O–H groups in total. The highest BCUT2D eigenvalue weighted by Crippen LogP contribution is 2.37. The standard InChI is InChI=1S/C10H4F4O3/c11-7-2-4(9(15)16)1-5-6(10(12,13)14)3-17-8(5)7/h1-3H,(H,15,16). The molecule has 0 unspecified atom stereocenters. The molecular formula is C10H4F4O3. The van der Waals surface area contributed by atoms with Crippen molar-refractivity contribution in [2.75, 3.05) is 0 Å². The predicted molar refractivity (Wildman–Crippen MR) is 48.1 cm³/mol. The molecule has 0 atom stereocenters. The van der Waals surface area contributed by atoms with E-state index in [1.807, 2.05) is 0 Å². The number of fused-ring (bicyclic) bond motifs is 1. The number of carboxylic acids is 1. The number of hydrogen-bond acceptors (Lipinski definition) is 2. The van der Waals surface area contributed by atoms with Crippen LogP contribution in [0.4, 0.5) is 17.6 Å². The minimum atomic E-state index is -4.73. The Bertz CT molecular complexity index is 597. The summed E-state index contributed by atoms with van der Waals surface area (Å²) in [5.41, 5.74) is -2.38. The van der Waals surface area contributed by atoms with Crippen LogP contribution < -0.4 is 0 Å². The van der Waals surface area contributed by atoms with Crippen molar-refractivity contribution in [1.29, 1.82) is 0 Å². The second kappa shape index (κ2) is 3.47. The molecule has 1 heterocycles. The van der Waals surface area contributed by atoms with Gasteiger partial charge in [0.1, 0.15) is 11.8 Å². The Morgan fingerprint density at radius 1 is 1.29 bits per heavy atom. The lowest BCUT2D eigenvalue weighted by atomic mass is 10.1. The molecule has 2 rings (SSSR count). The minimum absolute atomic E-state index is 0.360. The zero-order valence-corrected chi connectivity index (χ0v) is 8.01. The van der Waals surface area contributed by atoms with E-state index in [1.54, 1.807) is 0 Å². The molecule has 0 aliphatic heterocycles. The van der Waals surface area contributed by atoms with Gasteiger partial charge >= 0.3 is 12.1 Å². The van der Waals surface area contributed by atoms with Gasteiger partial charge in [0, 0.05) is 5.39 Å². The molecular weight excluding hydrogens is 244 g/mol. The summed E-state index contributed by atoms with van der Waals surface area (Å²) < 4.78 is 55.2. The predicted octanol–water partition coefficient (Wildman–Crippen LogP) is 3.29. The number of carboxylic acid groups (broad SMARTS) is 1. The van der Waals surface area contributed by atoms with Crippen LogP contribution in [0.3, 0.4) is 0 Å². The van der Waals surface area contributed by atoms with Crippen LogP contribution in [0.1, 0.15) is 15.9 Å². The van der Waals surface area contributed by atoms with E-state index in [0.717, 1.165) is 6.07 Å². The van der Waals surface area contributed by atoms with Crippen LogP contribution in [0.5, 0.6) is 0 Å². The topological polar surface area (TPSA) is 50.4 Å². The van der Waals surface area contributed by atoms with Crippen LogP contribution in [0.15, 0.2) is 22.8 Å². The van der Waals surface area contributed by atoms with Gasteiger partial charge in [0.25, 0.3) is 0 Å². The first-order valence-corrected chi connectivity index (χ1v) is 4.32. The number of hydrogen-bond donors (Lipinski definition) is 1. The Balaban J connectivity index is 2.79. The highest BCUT2D eigenvalue weighted by Gasteiger charge is 2.35. The van der Waals surface area contributed by atoms with Crippen LogP contribution in [-0.2, 0) is 6.18 Å². The van der Waals surface area contributed by atoms with Gasteiger partial charge in [-0.05, 0) is 12.1 Å². The number of rotatable bonds is 1. The van der Waals surface area contributed by atoms with E-state index in [-0.39, 0.29) is 0 Å². The summed E-state index contributed by atoms with van der Waals surface area (Å²) in [6, 6.07) is 1.33. The summed E-state index contributed by atoms with van der Waals surface area (Å²) in [7, 11) is 0. The fourth-order valence-corrected chi connectivity index (χ4v) is 1.44. The van der Waals surface area contributed by atoms with E-state index in [0.29, 0.717) is 12.3 Å². The molecule has 2 aromatic rings. The van der Waals surface area contributed by atoms with Gasteiger partial charge in [-0.25, -0.2) is 9.18 Å². The molecule has 7 heteroatoms. The number of furan rings is 1. The molecule has 3 nitrogen and oxygen atoms in total. The number of carbonyl (C=O) groups is 1. The van der Waals surface area contributed by atoms with Crippen molar-refractivity contribution in [3.05, 3.63) is 35.3 Å². The maximum atomic E-state index is 13.3. The molecule has 0 bridgehead atoms. The molecule has 0 radical (unpaired) electrons. The Kier molecular flexibility index (Phi) is 2.34. The van der Waals surface area contributed by atoms with E-state index < -0.39 is 40.1 Å². The van der Waals surface area contributed by atoms with Gasteiger partial charge in [-0.1, -0.05) is 0 Å². The highest BCUT2D eigenvalue weighted by molar-refractivity contribution is 5.94. The number of benzene rings is 1. The molecule has 90 valence electrons. The molecule has 17 heavy (non-hydrogen) atoms. The van der Waals surface area contributed by atoms with Crippen LogP contribution in [0, 0.1) is 5.82 Å². The number of halogens is 4. The van der Waals surface area contributed by atoms with Crippen LogP contribution in [-0.4, -0.2) is 11.1 Å². The summed E-state index contributed by atoms with van der Waals surface area (Å²) in [4.78, 5) is 10.6. The summed E-state index contributed by atoms with van der Waals surface area (Å²) in [6.45, 7) is 0. The first-order valence-electron chi connectivity index (χ1n) is 4.32.